The summed E-state index contributed by atoms with van der Waals surface area (Å²) in [6.07, 6.45) is 1.50. The highest BCUT2D eigenvalue weighted by Crippen LogP contribution is 2.28. The first-order chi connectivity index (χ1) is 16.9. The van der Waals surface area contributed by atoms with Crippen LogP contribution in [-0.4, -0.2) is 60.7 Å². The average Bonchev–Trinajstić information content (AvgIpc) is 2.87. The molecule has 1 aromatic heterocycles. The molecular formula is C27H33FN4O3. The van der Waals surface area contributed by atoms with Crippen LogP contribution in [0.4, 0.5) is 10.3 Å². The highest BCUT2D eigenvalue weighted by atomic mass is 19.1. The molecule has 0 aliphatic rings. The van der Waals surface area contributed by atoms with E-state index in [1.165, 1.54) is 12.3 Å². The van der Waals surface area contributed by atoms with Crippen LogP contribution in [0.5, 0.6) is 5.75 Å². The Morgan fingerprint density at radius 1 is 1.11 bits per heavy atom. The Kier molecular flexibility index (Phi) is 9.14. The first kappa shape index (κ1) is 26.1. The smallest absolute Gasteiger partial charge is 0.258 e. The molecule has 0 radical (unpaired) electrons. The van der Waals surface area contributed by atoms with Gasteiger partial charge in [0.15, 0.2) is 0 Å². The van der Waals surface area contributed by atoms with Crippen molar-refractivity contribution in [3.05, 3.63) is 71.7 Å². The predicted molar refractivity (Wildman–Crippen MR) is 135 cm³/mol. The molecule has 7 nitrogen and oxygen atoms in total. The van der Waals surface area contributed by atoms with Gasteiger partial charge in [0.2, 0.25) is 5.95 Å². The molecule has 0 spiro atoms. The summed E-state index contributed by atoms with van der Waals surface area (Å²) >= 11 is 0. The average molecular weight is 481 g/mol. The van der Waals surface area contributed by atoms with Crippen molar-refractivity contribution in [2.45, 2.75) is 33.4 Å². The van der Waals surface area contributed by atoms with E-state index < -0.39 is 5.82 Å². The van der Waals surface area contributed by atoms with E-state index in [-0.39, 0.29) is 28.8 Å². The van der Waals surface area contributed by atoms with Gasteiger partial charge in [-0.05, 0) is 50.6 Å². The number of hydrogen-bond donors (Lipinski definition) is 0. The van der Waals surface area contributed by atoms with Gasteiger partial charge in [0.05, 0.1) is 25.0 Å². The quantitative estimate of drug-likeness (QED) is 0.392. The number of aromatic nitrogens is 2. The number of hydrogen-bond acceptors (Lipinski definition) is 6. The lowest BCUT2D eigenvalue weighted by atomic mass is 10.0. The largest absolute Gasteiger partial charge is 0.497 e. The molecule has 0 N–H and O–H groups in total. The fraction of sp³-hybridized carbons (Fsp3) is 0.370. The zero-order valence-electron chi connectivity index (χ0n) is 21.0. The molecule has 8 heteroatoms. The summed E-state index contributed by atoms with van der Waals surface area (Å²) in [5, 5.41) is 0. The summed E-state index contributed by atoms with van der Waals surface area (Å²) in [7, 11) is 3.24. The maximum Gasteiger partial charge on any atom is 0.258 e. The summed E-state index contributed by atoms with van der Waals surface area (Å²) in [6, 6.07) is 13.8. The molecular weight excluding hydrogens is 447 g/mol. The Bertz CT molecular complexity index is 1140. The SMILES string of the molecule is CCN(CCOC)c1ncc(C(=O)N(Cc2cccc(OC)c2)C(C)C)c(-c2ccccc2F)n1. The van der Waals surface area contributed by atoms with Crippen molar-refractivity contribution in [2.24, 2.45) is 0 Å². The minimum absolute atomic E-state index is 0.115. The lowest BCUT2D eigenvalue weighted by Gasteiger charge is -2.28. The van der Waals surface area contributed by atoms with Gasteiger partial charge in [-0.15, -0.1) is 0 Å². The summed E-state index contributed by atoms with van der Waals surface area (Å²) in [6.45, 7) is 7.94. The number of benzene rings is 2. The minimum atomic E-state index is -0.449. The molecule has 0 unspecified atom stereocenters. The molecule has 0 saturated carbocycles. The third kappa shape index (κ3) is 6.33. The van der Waals surface area contributed by atoms with Crippen molar-refractivity contribution in [1.82, 2.24) is 14.9 Å². The number of likely N-dealkylation sites (N-methyl/N-ethyl adjacent to an activating group) is 1. The third-order valence-electron chi connectivity index (χ3n) is 5.74. The van der Waals surface area contributed by atoms with Gasteiger partial charge in [-0.1, -0.05) is 24.3 Å². The van der Waals surface area contributed by atoms with Gasteiger partial charge in [0.25, 0.3) is 5.91 Å². The number of nitrogens with zero attached hydrogens (tertiary/aromatic N) is 4. The number of methoxy groups -OCH3 is 2. The number of halogens is 1. The van der Waals surface area contributed by atoms with Crippen LogP contribution in [0.1, 0.15) is 36.7 Å². The van der Waals surface area contributed by atoms with Crippen molar-refractivity contribution in [3.8, 4) is 17.0 Å². The molecule has 1 amide bonds. The van der Waals surface area contributed by atoms with Crippen LogP contribution in [0, 0.1) is 5.82 Å². The van der Waals surface area contributed by atoms with E-state index in [9.17, 15) is 9.18 Å². The molecule has 3 rings (SSSR count). The molecule has 0 atom stereocenters. The number of anilines is 1. The van der Waals surface area contributed by atoms with Gasteiger partial charge < -0.3 is 19.3 Å². The molecule has 3 aromatic rings. The molecule has 0 bridgehead atoms. The van der Waals surface area contributed by atoms with Crippen LogP contribution < -0.4 is 9.64 Å². The van der Waals surface area contributed by atoms with Gasteiger partial charge in [-0.25, -0.2) is 14.4 Å². The van der Waals surface area contributed by atoms with Crippen molar-refractivity contribution in [1.29, 1.82) is 0 Å². The summed E-state index contributed by atoms with van der Waals surface area (Å²) in [5.41, 5.74) is 1.70. The highest BCUT2D eigenvalue weighted by Gasteiger charge is 2.26. The van der Waals surface area contributed by atoms with E-state index in [4.69, 9.17) is 9.47 Å². The van der Waals surface area contributed by atoms with E-state index in [1.807, 2.05) is 49.9 Å². The predicted octanol–water partition coefficient (Wildman–Crippen LogP) is 4.81. The van der Waals surface area contributed by atoms with Gasteiger partial charge in [0.1, 0.15) is 11.6 Å². The van der Waals surface area contributed by atoms with E-state index in [0.717, 1.165) is 5.56 Å². The zero-order chi connectivity index (χ0) is 25.4. The van der Waals surface area contributed by atoms with Crippen LogP contribution >= 0.6 is 0 Å². The zero-order valence-corrected chi connectivity index (χ0v) is 21.0. The third-order valence-corrected chi connectivity index (χ3v) is 5.74. The maximum atomic E-state index is 14.9. The Morgan fingerprint density at radius 2 is 1.89 bits per heavy atom. The number of ether oxygens (including phenoxy) is 2. The van der Waals surface area contributed by atoms with Crippen LogP contribution in [0.3, 0.4) is 0 Å². The molecule has 0 aliphatic carbocycles. The fourth-order valence-corrected chi connectivity index (χ4v) is 3.75. The van der Waals surface area contributed by atoms with E-state index in [2.05, 4.69) is 9.97 Å². The van der Waals surface area contributed by atoms with Gasteiger partial charge in [-0.3, -0.25) is 4.79 Å². The number of amides is 1. The molecule has 35 heavy (non-hydrogen) atoms. The molecule has 0 saturated heterocycles. The first-order valence-electron chi connectivity index (χ1n) is 11.7. The van der Waals surface area contributed by atoms with Crippen LogP contribution in [0.25, 0.3) is 11.3 Å². The van der Waals surface area contributed by atoms with E-state index >= 15 is 0 Å². The Hall–Kier alpha value is -3.52. The summed E-state index contributed by atoms with van der Waals surface area (Å²) < 4.78 is 25.4. The topological polar surface area (TPSA) is 67.8 Å². The van der Waals surface area contributed by atoms with Crippen LogP contribution in [-0.2, 0) is 11.3 Å². The maximum absolute atomic E-state index is 14.9. The minimum Gasteiger partial charge on any atom is -0.497 e. The molecule has 2 aromatic carbocycles. The highest BCUT2D eigenvalue weighted by molar-refractivity contribution is 6.00. The monoisotopic (exact) mass is 480 g/mol. The number of rotatable bonds is 11. The van der Waals surface area contributed by atoms with Crippen molar-refractivity contribution >= 4 is 11.9 Å². The van der Waals surface area contributed by atoms with Crippen LogP contribution in [0.15, 0.2) is 54.7 Å². The normalized spacial score (nSPS) is 10.9. The van der Waals surface area contributed by atoms with Crippen molar-refractivity contribution in [2.75, 3.05) is 38.8 Å². The standard InChI is InChI=1S/C27H33FN4O3/c1-6-31(14-15-34-4)27-29-17-23(25(30-27)22-12-7-8-13-24(22)28)26(33)32(19(2)3)18-20-10-9-11-21(16-20)35-5/h7-13,16-17,19H,6,14-15,18H2,1-5H3. The van der Waals surface area contributed by atoms with E-state index in [0.29, 0.717) is 37.9 Å². The Morgan fingerprint density at radius 3 is 2.54 bits per heavy atom. The van der Waals surface area contributed by atoms with Gasteiger partial charge in [-0.2, -0.15) is 0 Å². The lowest BCUT2D eigenvalue weighted by Crippen LogP contribution is -2.37. The second kappa shape index (κ2) is 12.3. The first-order valence-corrected chi connectivity index (χ1v) is 11.7. The lowest BCUT2D eigenvalue weighted by molar-refractivity contribution is 0.0690. The van der Waals surface area contributed by atoms with Crippen LogP contribution in [0.2, 0.25) is 0 Å². The Labute approximate surface area is 206 Å². The van der Waals surface area contributed by atoms with Gasteiger partial charge >= 0.3 is 0 Å². The van der Waals surface area contributed by atoms with Gasteiger partial charge in [0, 0.05) is 44.5 Å². The summed E-state index contributed by atoms with van der Waals surface area (Å²) in [5.74, 6) is 0.417. The molecule has 0 fully saturated rings. The van der Waals surface area contributed by atoms with E-state index in [1.54, 1.807) is 37.3 Å². The molecule has 1 heterocycles. The van der Waals surface area contributed by atoms with Crippen molar-refractivity contribution in [3.63, 3.8) is 0 Å². The summed E-state index contributed by atoms with van der Waals surface area (Å²) in [4.78, 5) is 26.6. The molecule has 0 aliphatic heterocycles. The number of carbonyl (C=O) groups is 1. The Balaban J connectivity index is 2.06. The second-order valence-corrected chi connectivity index (χ2v) is 8.36. The van der Waals surface area contributed by atoms with Crippen molar-refractivity contribution < 1.29 is 18.7 Å². The molecule has 186 valence electrons. The second-order valence-electron chi connectivity index (χ2n) is 8.36. The number of carbonyl (C=O) groups excluding carboxylic acids is 1. The fourth-order valence-electron chi connectivity index (χ4n) is 3.75.